The molecule has 1 aliphatic heterocycles. The van der Waals surface area contributed by atoms with Crippen molar-refractivity contribution in [3.63, 3.8) is 0 Å². The summed E-state index contributed by atoms with van der Waals surface area (Å²) >= 11 is 3.47. The Balaban J connectivity index is 1.54. The van der Waals surface area contributed by atoms with Gasteiger partial charge in [-0.1, -0.05) is 12.1 Å². The summed E-state index contributed by atoms with van der Waals surface area (Å²) < 4.78 is 17.5. The number of hydrogen-bond donors (Lipinski definition) is 1. The largest absolute Gasteiger partial charge is 0.419 e. The number of aromatic nitrogens is 2. The zero-order chi connectivity index (χ0) is 14.5. The molecular weight excluding hydrogens is 338 g/mol. The van der Waals surface area contributed by atoms with Gasteiger partial charge in [0.05, 0.1) is 38.0 Å². The maximum Gasteiger partial charge on any atom is 0.248 e. The van der Waals surface area contributed by atoms with E-state index in [-0.39, 0.29) is 6.10 Å². The molecule has 2 aromatic rings. The van der Waals surface area contributed by atoms with Gasteiger partial charge in [0.1, 0.15) is 0 Å². The molecule has 1 aromatic carbocycles. The smallest absolute Gasteiger partial charge is 0.248 e. The van der Waals surface area contributed by atoms with Crippen molar-refractivity contribution >= 4 is 15.9 Å². The van der Waals surface area contributed by atoms with Crippen LogP contribution in [0.25, 0.3) is 11.5 Å². The minimum absolute atomic E-state index is 0.0874. The molecule has 21 heavy (non-hydrogen) atoms. The molecule has 0 amide bonds. The maximum atomic E-state index is 5.65. The van der Waals surface area contributed by atoms with Crippen molar-refractivity contribution in [2.45, 2.75) is 12.6 Å². The van der Waals surface area contributed by atoms with Crippen LogP contribution >= 0.6 is 15.9 Å². The highest BCUT2D eigenvalue weighted by Gasteiger charge is 2.15. The van der Waals surface area contributed by atoms with Crippen LogP contribution in [-0.2, 0) is 16.0 Å². The van der Waals surface area contributed by atoms with Gasteiger partial charge in [-0.15, -0.1) is 10.2 Å². The second-order valence-corrected chi connectivity index (χ2v) is 5.53. The molecule has 1 aromatic heterocycles. The summed E-state index contributed by atoms with van der Waals surface area (Å²) in [4.78, 5) is 0. The predicted molar refractivity (Wildman–Crippen MR) is 79.7 cm³/mol. The third-order valence-corrected chi connectivity index (χ3v) is 3.80. The number of nitrogens with zero attached hydrogens (tertiary/aromatic N) is 2. The number of ether oxygens (including phenoxy) is 2. The molecule has 1 aliphatic rings. The average molecular weight is 354 g/mol. The van der Waals surface area contributed by atoms with Crippen LogP contribution in [0, 0.1) is 0 Å². The van der Waals surface area contributed by atoms with Crippen molar-refractivity contribution < 1.29 is 13.9 Å². The molecule has 1 saturated heterocycles. The molecule has 112 valence electrons. The van der Waals surface area contributed by atoms with Gasteiger partial charge in [0.2, 0.25) is 11.8 Å². The average Bonchev–Trinajstić information content (AvgIpc) is 2.97. The van der Waals surface area contributed by atoms with Gasteiger partial charge in [-0.2, -0.15) is 0 Å². The molecule has 1 N–H and O–H groups in total. The molecule has 1 fully saturated rings. The number of hydrogen-bond acceptors (Lipinski definition) is 6. The monoisotopic (exact) mass is 353 g/mol. The molecule has 3 rings (SSSR count). The molecule has 0 aliphatic carbocycles. The fraction of sp³-hybridized carbons (Fsp3) is 0.429. The summed E-state index contributed by atoms with van der Waals surface area (Å²) in [5.41, 5.74) is 0.889. The lowest BCUT2D eigenvalue weighted by molar-refractivity contribution is -0.0865. The van der Waals surface area contributed by atoms with Crippen molar-refractivity contribution in [3.05, 3.63) is 34.6 Å². The second-order valence-electron chi connectivity index (χ2n) is 4.68. The van der Waals surface area contributed by atoms with E-state index >= 15 is 0 Å². The summed E-state index contributed by atoms with van der Waals surface area (Å²) in [6.07, 6.45) is 0.0874. The summed E-state index contributed by atoms with van der Waals surface area (Å²) in [5.74, 6) is 1.06. The van der Waals surface area contributed by atoms with E-state index in [1.54, 1.807) is 0 Å². The highest BCUT2D eigenvalue weighted by atomic mass is 79.9. The first kappa shape index (κ1) is 14.6. The minimum atomic E-state index is 0.0874. The Bertz CT molecular complexity index is 584. The fourth-order valence-electron chi connectivity index (χ4n) is 2.06. The lowest BCUT2D eigenvalue weighted by Gasteiger charge is -2.22. The van der Waals surface area contributed by atoms with Crippen LogP contribution in [0.3, 0.4) is 0 Å². The molecule has 0 bridgehead atoms. The van der Waals surface area contributed by atoms with E-state index in [2.05, 4.69) is 31.4 Å². The Kier molecular flexibility index (Phi) is 4.97. The first-order chi connectivity index (χ1) is 10.3. The van der Waals surface area contributed by atoms with E-state index in [4.69, 9.17) is 13.9 Å². The van der Waals surface area contributed by atoms with Gasteiger partial charge in [-0.3, -0.25) is 0 Å². The van der Waals surface area contributed by atoms with E-state index in [1.165, 1.54) is 0 Å². The number of rotatable bonds is 5. The van der Waals surface area contributed by atoms with Gasteiger partial charge in [-0.25, -0.2) is 0 Å². The summed E-state index contributed by atoms with van der Waals surface area (Å²) in [6, 6.07) is 7.75. The molecule has 7 heteroatoms. The Morgan fingerprint density at radius 2 is 2.14 bits per heavy atom. The Morgan fingerprint density at radius 1 is 1.24 bits per heavy atom. The van der Waals surface area contributed by atoms with Gasteiger partial charge in [0, 0.05) is 11.0 Å². The van der Waals surface area contributed by atoms with Crippen molar-refractivity contribution in [2.75, 3.05) is 26.4 Å². The highest BCUT2D eigenvalue weighted by Crippen LogP contribution is 2.26. The van der Waals surface area contributed by atoms with E-state index in [0.717, 1.165) is 10.0 Å². The number of halogens is 1. The topological polar surface area (TPSA) is 69.4 Å². The number of benzene rings is 1. The van der Waals surface area contributed by atoms with Crippen LogP contribution in [-0.4, -0.2) is 42.7 Å². The molecule has 1 atom stereocenters. The zero-order valence-corrected chi connectivity index (χ0v) is 13.0. The molecule has 0 spiro atoms. The van der Waals surface area contributed by atoms with Crippen LogP contribution in [0.2, 0.25) is 0 Å². The molecule has 0 saturated carbocycles. The lowest BCUT2D eigenvalue weighted by atomic mass is 10.2. The molecule has 6 nitrogen and oxygen atoms in total. The number of nitrogens with one attached hydrogen (secondary N) is 1. The predicted octanol–water partition coefficient (Wildman–Crippen LogP) is 2.00. The third kappa shape index (κ3) is 3.88. The van der Waals surface area contributed by atoms with E-state index in [0.29, 0.717) is 44.7 Å². The summed E-state index contributed by atoms with van der Waals surface area (Å²) in [7, 11) is 0. The van der Waals surface area contributed by atoms with Gasteiger partial charge in [-0.05, 0) is 28.1 Å². The van der Waals surface area contributed by atoms with E-state index in [9.17, 15) is 0 Å². The first-order valence-corrected chi connectivity index (χ1v) is 7.59. The van der Waals surface area contributed by atoms with Crippen molar-refractivity contribution in [3.8, 4) is 11.5 Å². The summed E-state index contributed by atoms with van der Waals surface area (Å²) in [6.45, 7) is 3.16. The van der Waals surface area contributed by atoms with E-state index in [1.807, 2.05) is 24.3 Å². The molecule has 1 unspecified atom stereocenters. The van der Waals surface area contributed by atoms with Gasteiger partial charge in [0.15, 0.2) is 0 Å². The summed E-state index contributed by atoms with van der Waals surface area (Å²) in [5, 5.41) is 11.4. The normalized spacial score (nSPS) is 18.8. The van der Waals surface area contributed by atoms with Gasteiger partial charge >= 0.3 is 0 Å². The highest BCUT2D eigenvalue weighted by molar-refractivity contribution is 9.10. The van der Waals surface area contributed by atoms with Gasteiger partial charge in [0.25, 0.3) is 0 Å². The van der Waals surface area contributed by atoms with Crippen molar-refractivity contribution in [2.24, 2.45) is 0 Å². The Hall–Kier alpha value is -1.28. The fourth-order valence-corrected chi connectivity index (χ4v) is 2.52. The van der Waals surface area contributed by atoms with Crippen LogP contribution < -0.4 is 5.32 Å². The molecule has 2 heterocycles. The van der Waals surface area contributed by atoms with Crippen LogP contribution in [0.15, 0.2) is 33.2 Å². The second kappa shape index (κ2) is 7.13. The maximum absolute atomic E-state index is 5.65. The third-order valence-electron chi connectivity index (χ3n) is 3.10. The lowest BCUT2D eigenvalue weighted by Crippen LogP contribution is -2.37. The quantitative estimate of drug-likeness (QED) is 0.886. The Morgan fingerprint density at radius 3 is 2.95 bits per heavy atom. The molecule has 0 radical (unpaired) electrons. The Labute approximate surface area is 131 Å². The zero-order valence-electron chi connectivity index (χ0n) is 11.4. The van der Waals surface area contributed by atoms with Crippen molar-refractivity contribution in [1.82, 2.24) is 15.5 Å². The standard InChI is InChI=1S/C14H16BrN3O3/c15-12-4-2-1-3-11(12)14-18-17-13(21-14)8-16-7-10-9-19-5-6-20-10/h1-4,10,16H,5-9H2. The SMILES string of the molecule is Brc1ccccc1-c1nnc(CNCC2COCCO2)o1. The van der Waals surface area contributed by atoms with E-state index < -0.39 is 0 Å². The van der Waals surface area contributed by atoms with Crippen LogP contribution in [0.5, 0.6) is 0 Å². The van der Waals surface area contributed by atoms with Crippen LogP contribution in [0.4, 0.5) is 0 Å². The minimum Gasteiger partial charge on any atom is -0.419 e. The first-order valence-electron chi connectivity index (χ1n) is 6.80. The van der Waals surface area contributed by atoms with Crippen LogP contribution in [0.1, 0.15) is 5.89 Å². The van der Waals surface area contributed by atoms with Gasteiger partial charge < -0.3 is 19.2 Å². The van der Waals surface area contributed by atoms with Crippen molar-refractivity contribution in [1.29, 1.82) is 0 Å². The molecular formula is C14H16BrN3O3.